The first kappa shape index (κ1) is 15.3. The van der Waals surface area contributed by atoms with Crippen molar-refractivity contribution < 1.29 is 14.6 Å². The maximum Gasteiger partial charge on any atom is 0.254 e. The summed E-state index contributed by atoms with van der Waals surface area (Å²) in [7, 11) is 1.53. The molecule has 1 aromatic carbocycles. The second kappa shape index (κ2) is 6.43. The van der Waals surface area contributed by atoms with Gasteiger partial charge in [0.15, 0.2) is 0 Å². The molecule has 0 unspecified atom stereocenters. The number of carbonyl (C=O) groups excluding carboxylic acids is 1. The lowest BCUT2D eigenvalue weighted by Crippen LogP contribution is -2.50. The number of amides is 1. The molecule has 1 amide bonds. The minimum Gasteiger partial charge on any atom is -0.497 e. The number of carbonyl (C=O) groups is 1. The zero-order chi connectivity index (χ0) is 14.5. The van der Waals surface area contributed by atoms with Crippen LogP contribution in [0.3, 0.4) is 0 Å². The Morgan fingerprint density at radius 1 is 1.42 bits per heavy atom. The summed E-state index contributed by atoms with van der Waals surface area (Å²) in [6, 6.07) is 4.93. The van der Waals surface area contributed by atoms with E-state index in [1.165, 1.54) is 7.11 Å². The number of anilines is 1. The van der Waals surface area contributed by atoms with Crippen LogP contribution >= 0.6 is 0 Å². The monoisotopic (exact) mass is 266 g/mol. The maximum atomic E-state index is 12.3. The summed E-state index contributed by atoms with van der Waals surface area (Å²) in [5.41, 5.74) is 5.95. The predicted molar refractivity (Wildman–Crippen MR) is 75.3 cm³/mol. The number of nitrogens with two attached hydrogens (primary N) is 1. The van der Waals surface area contributed by atoms with Gasteiger partial charge in [-0.05, 0) is 31.0 Å². The summed E-state index contributed by atoms with van der Waals surface area (Å²) >= 11 is 0. The van der Waals surface area contributed by atoms with E-state index in [1.807, 2.05) is 13.8 Å². The third kappa shape index (κ3) is 3.38. The van der Waals surface area contributed by atoms with Gasteiger partial charge < -0.3 is 20.9 Å². The van der Waals surface area contributed by atoms with Crippen molar-refractivity contribution in [2.24, 2.45) is 0 Å². The number of rotatable bonds is 6. The highest BCUT2D eigenvalue weighted by atomic mass is 16.5. The van der Waals surface area contributed by atoms with Crippen LogP contribution in [0.15, 0.2) is 18.2 Å². The standard InChI is InChI=1S/C14H22N2O3/c1-4-14(5-2,9-17)16-13(18)11-8-10(19-3)6-7-12(11)15/h6-8,17H,4-5,9,15H2,1-3H3,(H,16,18). The molecule has 0 aliphatic heterocycles. The fourth-order valence-corrected chi connectivity index (χ4v) is 1.86. The van der Waals surface area contributed by atoms with Crippen LogP contribution in [0.5, 0.6) is 5.75 Å². The van der Waals surface area contributed by atoms with Gasteiger partial charge in [0.2, 0.25) is 0 Å². The van der Waals surface area contributed by atoms with Crippen LogP contribution in [0.4, 0.5) is 5.69 Å². The summed E-state index contributed by atoms with van der Waals surface area (Å²) in [6.07, 6.45) is 1.30. The average Bonchev–Trinajstić information content (AvgIpc) is 2.45. The van der Waals surface area contributed by atoms with Gasteiger partial charge in [-0.3, -0.25) is 4.79 Å². The minimum atomic E-state index is -0.605. The zero-order valence-corrected chi connectivity index (χ0v) is 11.7. The number of nitrogen functional groups attached to an aromatic ring is 1. The molecule has 4 N–H and O–H groups in total. The highest BCUT2D eigenvalue weighted by Gasteiger charge is 2.28. The molecule has 106 valence electrons. The Kier molecular flexibility index (Phi) is 5.18. The molecule has 0 saturated heterocycles. The molecule has 0 fully saturated rings. The third-order valence-corrected chi connectivity index (χ3v) is 3.54. The lowest BCUT2D eigenvalue weighted by atomic mass is 9.93. The number of ether oxygens (including phenoxy) is 1. The number of methoxy groups -OCH3 is 1. The number of hydrogen-bond acceptors (Lipinski definition) is 4. The Labute approximate surface area is 113 Å². The van der Waals surface area contributed by atoms with E-state index in [-0.39, 0.29) is 12.5 Å². The fourth-order valence-electron chi connectivity index (χ4n) is 1.86. The molecule has 0 bridgehead atoms. The Morgan fingerprint density at radius 3 is 2.53 bits per heavy atom. The van der Waals surface area contributed by atoms with Crippen molar-refractivity contribution in [2.45, 2.75) is 32.2 Å². The van der Waals surface area contributed by atoms with Crippen molar-refractivity contribution in [2.75, 3.05) is 19.5 Å². The smallest absolute Gasteiger partial charge is 0.254 e. The first-order valence-electron chi connectivity index (χ1n) is 6.38. The van der Waals surface area contributed by atoms with Gasteiger partial charge in [0, 0.05) is 5.69 Å². The lowest BCUT2D eigenvalue weighted by Gasteiger charge is -2.31. The quantitative estimate of drug-likeness (QED) is 0.682. The highest BCUT2D eigenvalue weighted by molar-refractivity contribution is 6.00. The van der Waals surface area contributed by atoms with Crippen molar-refractivity contribution >= 4 is 11.6 Å². The van der Waals surface area contributed by atoms with Gasteiger partial charge in [0.25, 0.3) is 5.91 Å². The molecule has 0 saturated carbocycles. The summed E-state index contributed by atoms with van der Waals surface area (Å²) < 4.78 is 5.08. The Balaban J connectivity index is 3.00. The van der Waals surface area contributed by atoms with E-state index < -0.39 is 5.54 Å². The number of aliphatic hydroxyl groups excluding tert-OH is 1. The summed E-state index contributed by atoms with van der Waals surface area (Å²) in [4.78, 5) is 12.3. The molecule has 5 heteroatoms. The summed E-state index contributed by atoms with van der Waals surface area (Å²) in [5, 5.41) is 12.3. The minimum absolute atomic E-state index is 0.102. The van der Waals surface area contributed by atoms with Crippen LogP contribution in [0, 0.1) is 0 Å². The fraction of sp³-hybridized carbons (Fsp3) is 0.500. The van der Waals surface area contributed by atoms with Crippen LogP contribution in [0.25, 0.3) is 0 Å². The molecule has 0 aromatic heterocycles. The first-order chi connectivity index (χ1) is 9.01. The molecule has 0 spiro atoms. The molecule has 0 atom stereocenters. The Hall–Kier alpha value is -1.75. The molecule has 1 rings (SSSR count). The Morgan fingerprint density at radius 2 is 2.05 bits per heavy atom. The maximum absolute atomic E-state index is 12.3. The van der Waals surface area contributed by atoms with Gasteiger partial charge in [-0.1, -0.05) is 13.8 Å². The SMILES string of the molecule is CCC(CC)(CO)NC(=O)c1cc(OC)ccc1N. The zero-order valence-electron chi connectivity index (χ0n) is 11.7. The summed E-state index contributed by atoms with van der Waals surface area (Å²) in [5.74, 6) is 0.274. The lowest BCUT2D eigenvalue weighted by molar-refractivity contribution is 0.0818. The predicted octanol–water partition coefficient (Wildman–Crippen LogP) is 1.56. The van der Waals surface area contributed by atoms with Crippen LogP contribution < -0.4 is 15.8 Å². The topological polar surface area (TPSA) is 84.6 Å². The van der Waals surface area contributed by atoms with Crippen molar-refractivity contribution in [3.05, 3.63) is 23.8 Å². The molecule has 0 heterocycles. The number of nitrogens with one attached hydrogen (secondary N) is 1. The van der Waals surface area contributed by atoms with Gasteiger partial charge in [0.1, 0.15) is 5.75 Å². The van der Waals surface area contributed by atoms with Gasteiger partial charge in [-0.15, -0.1) is 0 Å². The van der Waals surface area contributed by atoms with Crippen molar-refractivity contribution in [3.63, 3.8) is 0 Å². The van der Waals surface area contributed by atoms with Gasteiger partial charge >= 0.3 is 0 Å². The normalized spacial score (nSPS) is 11.2. The van der Waals surface area contributed by atoms with Crippen LogP contribution in [-0.4, -0.2) is 30.3 Å². The number of benzene rings is 1. The molecule has 0 aliphatic carbocycles. The van der Waals surface area contributed by atoms with E-state index in [9.17, 15) is 9.90 Å². The van der Waals surface area contributed by atoms with E-state index in [0.717, 1.165) is 0 Å². The number of hydrogen-bond donors (Lipinski definition) is 3. The largest absolute Gasteiger partial charge is 0.497 e. The van der Waals surface area contributed by atoms with Crippen LogP contribution in [0.1, 0.15) is 37.0 Å². The molecule has 0 aliphatic rings. The molecule has 5 nitrogen and oxygen atoms in total. The van der Waals surface area contributed by atoms with E-state index in [1.54, 1.807) is 18.2 Å². The molecule has 19 heavy (non-hydrogen) atoms. The second-order valence-corrected chi connectivity index (χ2v) is 4.55. The molecule has 0 radical (unpaired) electrons. The van der Waals surface area contributed by atoms with E-state index >= 15 is 0 Å². The number of aliphatic hydroxyl groups is 1. The van der Waals surface area contributed by atoms with Crippen LogP contribution in [0.2, 0.25) is 0 Å². The first-order valence-corrected chi connectivity index (χ1v) is 6.38. The van der Waals surface area contributed by atoms with Crippen molar-refractivity contribution in [1.82, 2.24) is 5.32 Å². The molecular weight excluding hydrogens is 244 g/mol. The van der Waals surface area contributed by atoms with Crippen LogP contribution in [-0.2, 0) is 0 Å². The van der Waals surface area contributed by atoms with Gasteiger partial charge in [-0.25, -0.2) is 0 Å². The summed E-state index contributed by atoms with van der Waals surface area (Å²) in [6.45, 7) is 3.75. The second-order valence-electron chi connectivity index (χ2n) is 4.55. The van der Waals surface area contributed by atoms with E-state index in [0.29, 0.717) is 29.8 Å². The highest BCUT2D eigenvalue weighted by Crippen LogP contribution is 2.21. The van der Waals surface area contributed by atoms with Crippen molar-refractivity contribution in [3.8, 4) is 5.75 Å². The molecule has 1 aromatic rings. The third-order valence-electron chi connectivity index (χ3n) is 3.54. The Bertz CT molecular complexity index is 434. The molecular formula is C14H22N2O3. The average molecular weight is 266 g/mol. The van der Waals surface area contributed by atoms with E-state index in [4.69, 9.17) is 10.5 Å². The van der Waals surface area contributed by atoms with Gasteiger partial charge in [-0.2, -0.15) is 0 Å². The van der Waals surface area contributed by atoms with Crippen molar-refractivity contribution in [1.29, 1.82) is 0 Å². The van der Waals surface area contributed by atoms with E-state index in [2.05, 4.69) is 5.32 Å². The van der Waals surface area contributed by atoms with Gasteiger partial charge in [0.05, 0.1) is 24.8 Å².